The van der Waals surface area contributed by atoms with E-state index in [1.807, 2.05) is 25.1 Å². The molecule has 0 atom stereocenters. The molecule has 34 heavy (non-hydrogen) atoms. The zero-order valence-electron chi connectivity index (χ0n) is 18.5. The molecule has 1 aromatic carbocycles. The van der Waals surface area contributed by atoms with Crippen LogP contribution in [-0.2, 0) is 4.79 Å². The minimum atomic E-state index is -0.163. The first kappa shape index (κ1) is 22.5. The molecular formula is C23H22N8O3. The monoisotopic (exact) mass is 458 g/mol. The maximum absolute atomic E-state index is 11.5. The summed E-state index contributed by atoms with van der Waals surface area (Å²) in [7, 11) is 0. The highest BCUT2D eigenvalue weighted by Crippen LogP contribution is 2.27. The minimum absolute atomic E-state index is 0.0842. The Balaban J connectivity index is 1.66. The lowest BCUT2D eigenvalue weighted by Crippen LogP contribution is -2.08. The number of aliphatic hydroxyl groups is 1. The number of nitrogens with zero attached hydrogens (tertiary/aromatic N) is 5. The number of aliphatic hydroxyl groups excluding tert-OH is 1. The van der Waals surface area contributed by atoms with Crippen LogP contribution in [0.5, 0.6) is 5.75 Å². The number of fused-ring (bicyclic) bond motifs is 1. The molecule has 0 aliphatic heterocycles. The van der Waals surface area contributed by atoms with Crippen LogP contribution in [0.2, 0.25) is 0 Å². The highest BCUT2D eigenvalue weighted by molar-refractivity contribution is 5.90. The van der Waals surface area contributed by atoms with Gasteiger partial charge in [-0.25, -0.2) is 9.97 Å². The van der Waals surface area contributed by atoms with Crippen LogP contribution in [0.15, 0.2) is 48.8 Å². The third-order valence-electron chi connectivity index (χ3n) is 4.76. The number of carbonyl (C=O) groups excluding carboxylic acids is 1. The molecule has 0 aliphatic rings. The first-order valence-electron chi connectivity index (χ1n) is 10.4. The van der Waals surface area contributed by atoms with Crippen molar-refractivity contribution in [1.82, 2.24) is 19.6 Å². The summed E-state index contributed by atoms with van der Waals surface area (Å²) in [4.78, 5) is 20.1. The van der Waals surface area contributed by atoms with Gasteiger partial charge >= 0.3 is 0 Å². The predicted octanol–water partition coefficient (Wildman–Crippen LogP) is 3.12. The molecule has 0 aliphatic carbocycles. The Morgan fingerprint density at radius 2 is 1.97 bits per heavy atom. The molecule has 0 unspecified atom stereocenters. The summed E-state index contributed by atoms with van der Waals surface area (Å²) in [6.07, 6.45) is 2.98. The normalized spacial score (nSPS) is 10.5. The van der Waals surface area contributed by atoms with E-state index in [0.29, 0.717) is 40.1 Å². The number of ether oxygens (including phenoxy) is 1. The molecule has 172 valence electrons. The van der Waals surface area contributed by atoms with Gasteiger partial charge in [-0.1, -0.05) is 6.07 Å². The molecule has 0 spiro atoms. The molecule has 11 heteroatoms. The number of carbonyl (C=O) groups is 1. The fourth-order valence-corrected chi connectivity index (χ4v) is 3.21. The molecule has 0 radical (unpaired) electrons. The summed E-state index contributed by atoms with van der Waals surface area (Å²) < 4.78 is 6.77. The number of amides is 1. The van der Waals surface area contributed by atoms with Crippen molar-refractivity contribution in [1.29, 1.82) is 5.26 Å². The third-order valence-corrected chi connectivity index (χ3v) is 4.76. The lowest BCUT2D eigenvalue weighted by molar-refractivity contribution is -0.114. The van der Waals surface area contributed by atoms with Gasteiger partial charge < -0.3 is 25.8 Å². The van der Waals surface area contributed by atoms with Gasteiger partial charge in [-0.15, -0.1) is 5.10 Å². The Morgan fingerprint density at radius 1 is 1.12 bits per heavy atom. The highest BCUT2D eigenvalue weighted by Gasteiger charge is 2.13. The molecule has 3 heterocycles. The summed E-state index contributed by atoms with van der Waals surface area (Å²) in [6, 6.07) is 12.8. The van der Waals surface area contributed by atoms with E-state index in [9.17, 15) is 10.1 Å². The van der Waals surface area contributed by atoms with E-state index in [-0.39, 0.29) is 24.8 Å². The molecule has 0 saturated carbocycles. The van der Waals surface area contributed by atoms with Gasteiger partial charge in [-0.2, -0.15) is 9.78 Å². The van der Waals surface area contributed by atoms with Gasteiger partial charge in [0.1, 0.15) is 24.2 Å². The number of hydrogen-bond donors (Lipinski definition) is 4. The summed E-state index contributed by atoms with van der Waals surface area (Å²) in [6.45, 7) is 3.45. The highest BCUT2D eigenvalue weighted by atomic mass is 16.5. The van der Waals surface area contributed by atoms with Crippen LogP contribution in [0.1, 0.15) is 18.2 Å². The molecule has 0 bridgehead atoms. The number of nitrogens with one attached hydrogen (secondary N) is 3. The van der Waals surface area contributed by atoms with E-state index in [0.717, 1.165) is 5.56 Å². The number of rotatable bonds is 8. The van der Waals surface area contributed by atoms with E-state index in [1.165, 1.54) is 23.8 Å². The molecule has 0 saturated heterocycles. The molecule has 4 aromatic rings. The van der Waals surface area contributed by atoms with Crippen LogP contribution < -0.4 is 20.7 Å². The standard InChI is InChI=1S/C23H22N8O3/c1-14-3-4-16(9-19(14)27-15(2)33)28-22-10-20(23-26-12-17(11-24)31(23)30-22)29-21-6-5-18(13-25-21)34-8-7-32/h3-6,9-10,12-13,32H,7-8H2,1-2H3,(H,25,29)(H,27,33)(H,28,30). The second-order valence-corrected chi connectivity index (χ2v) is 7.35. The zero-order chi connectivity index (χ0) is 24.1. The SMILES string of the molecule is CC(=O)Nc1cc(Nc2cc(Nc3ccc(OCCO)cn3)c3ncc(C#N)n3n2)ccc1C. The average Bonchev–Trinajstić information content (AvgIpc) is 3.24. The topological polar surface area (TPSA) is 149 Å². The van der Waals surface area contributed by atoms with Crippen molar-refractivity contribution in [2.75, 3.05) is 29.2 Å². The zero-order valence-corrected chi connectivity index (χ0v) is 18.5. The van der Waals surface area contributed by atoms with E-state index >= 15 is 0 Å². The lowest BCUT2D eigenvalue weighted by atomic mass is 10.1. The first-order chi connectivity index (χ1) is 16.5. The molecule has 4 N–H and O–H groups in total. The van der Waals surface area contributed by atoms with Gasteiger partial charge in [0.2, 0.25) is 5.91 Å². The predicted molar refractivity (Wildman–Crippen MR) is 127 cm³/mol. The molecular weight excluding hydrogens is 436 g/mol. The number of pyridine rings is 1. The summed E-state index contributed by atoms with van der Waals surface area (Å²) >= 11 is 0. The van der Waals surface area contributed by atoms with Gasteiger partial charge in [0, 0.05) is 24.4 Å². The second-order valence-electron chi connectivity index (χ2n) is 7.35. The van der Waals surface area contributed by atoms with Gasteiger partial charge in [0.05, 0.1) is 24.7 Å². The van der Waals surface area contributed by atoms with Gasteiger partial charge in [-0.05, 0) is 36.8 Å². The van der Waals surface area contributed by atoms with Crippen LogP contribution in [0.25, 0.3) is 5.65 Å². The molecule has 3 aromatic heterocycles. The summed E-state index contributed by atoms with van der Waals surface area (Å²) in [5.41, 5.74) is 3.60. The minimum Gasteiger partial charge on any atom is -0.490 e. The lowest BCUT2D eigenvalue weighted by Gasteiger charge is -2.13. The van der Waals surface area contributed by atoms with Crippen molar-refractivity contribution in [2.24, 2.45) is 0 Å². The summed E-state index contributed by atoms with van der Waals surface area (Å²) in [5.74, 6) is 1.35. The van der Waals surface area contributed by atoms with Crippen LogP contribution in [0, 0.1) is 18.3 Å². The molecule has 11 nitrogen and oxygen atoms in total. The van der Waals surface area contributed by atoms with Gasteiger partial charge in [0.25, 0.3) is 0 Å². The van der Waals surface area contributed by atoms with Gasteiger partial charge in [0.15, 0.2) is 17.2 Å². The average molecular weight is 458 g/mol. The quantitative estimate of drug-likeness (QED) is 0.312. The smallest absolute Gasteiger partial charge is 0.221 e. The Morgan fingerprint density at radius 3 is 2.68 bits per heavy atom. The Bertz CT molecular complexity index is 1380. The van der Waals surface area contributed by atoms with E-state index in [4.69, 9.17) is 9.84 Å². The van der Waals surface area contributed by atoms with E-state index in [2.05, 4.69) is 37.1 Å². The molecule has 1 amide bonds. The third kappa shape index (κ3) is 5.03. The van der Waals surface area contributed by atoms with Crippen molar-refractivity contribution >= 4 is 40.3 Å². The van der Waals surface area contributed by atoms with Crippen molar-refractivity contribution in [3.8, 4) is 11.8 Å². The maximum atomic E-state index is 11.5. The number of aryl methyl sites for hydroxylation is 1. The maximum Gasteiger partial charge on any atom is 0.221 e. The Kier molecular flexibility index (Phi) is 6.52. The number of anilines is 5. The van der Waals surface area contributed by atoms with Crippen LogP contribution in [0.3, 0.4) is 0 Å². The number of aromatic nitrogens is 4. The van der Waals surface area contributed by atoms with E-state index < -0.39 is 0 Å². The fourth-order valence-electron chi connectivity index (χ4n) is 3.21. The summed E-state index contributed by atoms with van der Waals surface area (Å²) in [5, 5.41) is 32.0. The van der Waals surface area contributed by atoms with E-state index in [1.54, 1.807) is 18.2 Å². The number of hydrogen-bond acceptors (Lipinski definition) is 9. The van der Waals surface area contributed by atoms with Crippen molar-refractivity contribution in [3.63, 3.8) is 0 Å². The molecule has 0 fully saturated rings. The number of benzene rings is 1. The second kappa shape index (κ2) is 9.85. The number of imidazole rings is 1. The molecule has 4 rings (SSSR count). The first-order valence-corrected chi connectivity index (χ1v) is 10.4. The fraction of sp³-hybridized carbons (Fsp3) is 0.174. The Labute approximate surface area is 195 Å². The van der Waals surface area contributed by atoms with Crippen molar-refractivity contribution < 1.29 is 14.6 Å². The largest absolute Gasteiger partial charge is 0.490 e. The van der Waals surface area contributed by atoms with Crippen LogP contribution in [0.4, 0.5) is 28.7 Å². The van der Waals surface area contributed by atoms with Crippen LogP contribution >= 0.6 is 0 Å². The van der Waals surface area contributed by atoms with Gasteiger partial charge in [-0.3, -0.25) is 4.79 Å². The van der Waals surface area contributed by atoms with Crippen LogP contribution in [-0.4, -0.2) is 43.8 Å². The van der Waals surface area contributed by atoms with Crippen molar-refractivity contribution in [2.45, 2.75) is 13.8 Å². The van der Waals surface area contributed by atoms with Crippen molar-refractivity contribution in [3.05, 3.63) is 60.0 Å². The number of nitriles is 1. The Hall–Kier alpha value is -4.69.